The molecule has 0 aliphatic rings. The number of carbonyl (C=O) groups excluding carboxylic acids is 1. The second kappa shape index (κ2) is 5.69. The van der Waals surface area contributed by atoms with Crippen LogP contribution in [0.3, 0.4) is 0 Å². The molecule has 0 fully saturated rings. The number of fused-ring (bicyclic) bond motifs is 1. The van der Waals surface area contributed by atoms with E-state index in [1.165, 1.54) is 0 Å². The molecule has 1 unspecified atom stereocenters. The molecule has 3 N–H and O–H groups in total. The number of benzene rings is 1. The van der Waals surface area contributed by atoms with Crippen LogP contribution in [0.15, 0.2) is 34.7 Å². The summed E-state index contributed by atoms with van der Waals surface area (Å²) in [5, 5.41) is 3.77. The normalized spacial score (nSPS) is 12.6. The molecular formula is C14H18N2O2. The number of furan rings is 1. The zero-order valence-corrected chi connectivity index (χ0v) is 10.5. The van der Waals surface area contributed by atoms with E-state index in [0.29, 0.717) is 12.3 Å². The van der Waals surface area contributed by atoms with Gasteiger partial charge in [0.15, 0.2) is 5.76 Å². The van der Waals surface area contributed by atoms with Gasteiger partial charge >= 0.3 is 0 Å². The maximum absolute atomic E-state index is 11.8. The molecule has 96 valence electrons. The Bertz CT molecular complexity index is 498. The molecule has 1 atom stereocenters. The Morgan fingerprint density at radius 3 is 2.94 bits per heavy atom. The quantitative estimate of drug-likeness (QED) is 0.795. The molecule has 2 aromatic rings. The summed E-state index contributed by atoms with van der Waals surface area (Å²) in [6, 6.07) is 9.51. The highest BCUT2D eigenvalue weighted by molar-refractivity contribution is 5.95. The van der Waals surface area contributed by atoms with Crippen LogP contribution in [0.1, 0.15) is 30.3 Å². The molecule has 1 aromatic heterocycles. The van der Waals surface area contributed by atoms with Crippen molar-refractivity contribution in [2.45, 2.75) is 25.8 Å². The average molecular weight is 246 g/mol. The van der Waals surface area contributed by atoms with Crippen LogP contribution < -0.4 is 11.1 Å². The Balaban J connectivity index is 1.92. The molecule has 0 aliphatic carbocycles. The minimum absolute atomic E-state index is 0.170. The number of hydrogen-bond donors (Lipinski definition) is 2. The molecule has 0 spiro atoms. The Morgan fingerprint density at radius 1 is 1.44 bits per heavy atom. The van der Waals surface area contributed by atoms with Crippen molar-refractivity contribution in [2.75, 3.05) is 6.54 Å². The van der Waals surface area contributed by atoms with Gasteiger partial charge in [0, 0.05) is 18.0 Å². The summed E-state index contributed by atoms with van der Waals surface area (Å²) in [4.78, 5) is 11.8. The first kappa shape index (κ1) is 12.6. The average Bonchev–Trinajstić information content (AvgIpc) is 2.78. The fourth-order valence-electron chi connectivity index (χ4n) is 1.81. The van der Waals surface area contributed by atoms with Crippen LogP contribution in [-0.2, 0) is 0 Å². The van der Waals surface area contributed by atoms with Crippen molar-refractivity contribution in [1.29, 1.82) is 0 Å². The zero-order valence-electron chi connectivity index (χ0n) is 10.5. The summed E-state index contributed by atoms with van der Waals surface area (Å²) in [7, 11) is 0. The zero-order chi connectivity index (χ0) is 13.0. The molecule has 2 rings (SSSR count). The van der Waals surface area contributed by atoms with Crippen LogP contribution >= 0.6 is 0 Å². The molecule has 0 saturated carbocycles. The van der Waals surface area contributed by atoms with E-state index in [0.717, 1.165) is 23.8 Å². The number of carbonyl (C=O) groups is 1. The fraction of sp³-hybridized carbons (Fsp3) is 0.357. The smallest absolute Gasteiger partial charge is 0.287 e. The number of nitrogens with one attached hydrogen (secondary N) is 1. The lowest BCUT2D eigenvalue weighted by Crippen LogP contribution is -2.25. The van der Waals surface area contributed by atoms with Gasteiger partial charge in [0.2, 0.25) is 0 Å². The maximum Gasteiger partial charge on any atom is 0.287 e. The van der Waals surface area contributed by atoms with E-state index < -0.39 is 0 Å². The summed E-state index contributed by atoms with van der Waals surface area (Å²) in [5.74, 6) is 0.188. The maximum atomic E-state index is 11.8. The molecule has 0 radical (unpaired) electrons. The first-order chi connectivity index (χ1) is 8.66. The van der Waals surface area contributed by atoms with Crippen molar-refractivity contribution in [1.82, 2.24) is 5.32 Å². The van der Waals surface area contributed by atoms with E-state index in [4.69, 9.17) is 10.2 Å². The third kappa shape index (κ3) is 3.11. The van der Waals surface area contributed by atoms with Gasteiger partial charge < -0.3 is 15.5 Å². The standard InChI is InChI=1S/C14H18N2O2/c1-10(15)5-4-8-16-14(17)13-9-11-6-2-3-7-12(11)18-13/h2-3,6-7,9-10H,4-5,8,15H2,1H3,(H,16,17). The third-order valence-electron chi connectivity index (χ3n) is 2.77. The van der Waals surface area contributed by atoms with E-state index in [-0.39, 0.29) is 11.9 Å². The van der Waals surface area contributed by atoms with Gasteiger partial charge in [-0.05, 0) is 31.9 Å². The van der Waals surface area contributed by atoms with Crippen molar-refractivity contribution in [3.8, 4) is 0 Å². The molecule has 4 nitrogen and oxygen atoms in total. The van der Waals surface area contributed by atoms with Crippen LogP contribution in [0, 0.1) is 0 Å². The third-order valence-corrected chi connectivity index (χ3v) is 2.77. The Hall–Kier alpha value is -1.81. The van der Waals surface area contributed by atoms with Gasteiger partial charge in [-0.25, -0.2) is 0 Å². The summed E-state index contributed by atoms with van der Waals surface area (Å²) < 4.78 is 5.47. The van der Waals surface area contributed by atoms with Crippen molar-refractivity contribution >= 4 is 16.9 Å². The molecule has 0 aliphatic heterocycles. The number of para-hydroxylation sites is 1. The molecule has 1 aromatic carbocycles. The van der Waals surface area contributed by atoms with Crippen molar-refractivity contribution < 1.29 is 9.21 Å². The van der Waals surface area contributed by atoms with Crippen molar-refractivity contribution in [2.24, 2.45) is 5.73 Å². The van der Waals surface area contributed by atoms with Gasteiger partial charge in [-0.1, -0.05) is 18.2 Å². The van der Waals surface area contributed by atoms with Crippen LogP contribution in [0.4, 0.5) is 0 Å². The van der Waals surface area contributed by atoms with Crippen LogP contribution in [0.5, 0.6) is 0 Å². The van der Waals surface area contributed by atoms with Crippen molar-refractivity contribution in [3.05, 3.63) is 36.1 Å². The number of nitrogens with two attached hydrogens (primary N) is 1. The van der Waals surface area contributed by atoms with Gasteiger partial charge in [0.1, 0.15) is 5.58 Å². The molecular weight excluding hydrogens is 228 g/mol. The Kier molecular flexibility index (Phi) is 3.99. The van der Waals surface area contributed by atoms with Crippen molar-refractivity contribution in [3.63, 3.8) is 0 Å². The SMILES string of the molecule is CC(N)CCCNC(=O)c1cc2ccccc2o1. The lowest BCUT2D eigenvalue weighted by molar-refractivity contribution is 0.0927. The number of rotatable bonds is 5. The number of hydrogen-bond acceptors (Lipinski definition) is 3. The van der Waals surface area contributed by atoms with E-state index >= 15 is 0 Å². The first-order valence-corrected chi connectivity index (χ1v) is 6.19. The summed E-state index contributed by atoms with van der Waals surface area (Å²) >= 11 is 0. The monoisotopic (exact) mass is 246 g/mol. The Morgan fingerprint density at radius 2 is 2.22 bits per heavy atom. The molecule has 4 heteroatoms. The highest BCUT2D eigenvalue weighted by Crippen LogP contribution is 2.18. The lowest BCUT2D eigenvalue weighted by atomic mass is 10.2. The minimum atomic E-state index is -0.170. The molecule has 1 amide bonds. The van der Waals surface area contributed by atoms with Gasteiger partial charge in [-0.15, -0.1) is 0 Å². The molecule has 1 heterocycles. The summed E-state index contributed by atoms with van der Waals surface area (Å²) in [5.41, 5.74) is 6.37. The highest BCUT2D eigenvalue weighted by atomic mass is 16.3. The van der Waals surface area contributed by atoms with E-state index in [1.54, 1.807) is 6.07 Å². The topological polar surface area (TPSA) is 68.3 Å². The molecule has 18 heavy (non-hydrogen) atoms. The van der Waals surface area contributed by atoms with Gasteiger partial charge in [0.25, 0.3) is 5.91 Å². The van der Waals surface area contributed by atoms with Gasteiger partial charge in [-0.3, -0.25) is 4.79 Å². The summed E-state index contributed by atoms with van der Waals surface area (Å²) in [6.07, 6.45) is 1.78. The highest BCUT2D eigenvalue weighted by Gasteiger charge is 2.11. The number of amides is 1. The largest absolute Gasteiger partial charge is 0.451 e. The summed E-state index contributed by atoms with van der Waals surface area (Å²) in [6.45, 7) is 2.58. The second-order valence-electron chi connectivity index (χ2n) is 4.52. The fourth-order valence-corrected chi connectivity index (χ4v) is 1.81. The predicted molar refractivity (Wildman–Crippen MR) is 71.4 cm³/mol. The van der Waals surface area contributed by atoms with Gasteiger partial charge in [0.05, 0.1) is 0 Å². The van der Waals surface area contributed by atoms with E-state index in [9.17, 15) is 4.79 Å². The van der Waals surface area contributed by atoms with E-state index in [1.807, 2.05) is 31.2 Å². The Labute approximate surface area is 106 Å². The molecule has 0 saturated heterocycles. The molecule has 0 bridgehead atoms. The first-order valence-electron chi connectivity index (χ1n) is 6.19. The lowest BCUT2D eigenvalue weighted by Gasteiger charge is -2.05. The predicted octanol–water partition coefficient (Wildman–Crippen LogP) is 2.29. The minimum Gasteiger partial charge on any atom is -0.451 e. The van der Waals surface area contributed by atoms with Crippen LogP contribution in [0.25, 0.3) is 11.0 Å². The van der Waals surface area contributed by atoms with Crippen LogP contribution in [-0.4, -0.2) is 18.5 Å². The van der Waals surface area contributed by atoms with E-state index in [2.05, 4.69) is 5.32 Å². The van der Waals surface area contributed by atoms with Crippen LogP contribution in [0.2, 0.25) is 0 Å². The second-order valence-corrected chi connectivity index (χ2v) is 4.52. The van der Waals surface area contributed by atoms with Gasteiger partial charge in [-0.2, -0.15) is 0 Å².